The molecule has 182 valence electrons. The molecule has 3 heterocycles. The Labute approximate surface area is 211 Å². The zero-order valence-corrected chi connectivity index (χ0v) is 20.7. The second-order valence-corrected chi connectivity index (χ2v) is 9.50. The predicted octanol–water partition coefficient (Wildman–Crippen LogP) is 4.37. The Morgan fingerprint density at radius 2 is 1.77 bits per heavy atom. The summed E-state index contributed by atoms with van der Waals surface area (Å²) >= 11 is 6.16. The van der Waals surface area contributed by atoms with Crippen molar-refractivity contribution < 1.29 is 9.53 Å². The molecule has 5 rings (SSSR count). The average molecular weight is 492 g/mol. The van der Waals surface area contributed by atoms with Crippen LogP contribution in [-0.2, 0) is 4.79 Å². The van der Waals surface area contributed by atoms with Crippen LogP contribution < -0.4 is 14.5 Å². The lowest BCUT2D eigenvalue weighted by Crippen LogP contribution is -2.52. The van der Waals surface area contributed by atoms with E-state index in [4.69, 9.17) is 16.3 Å². The van der Waals surface area contributed by atoms with Crippen molar-refractivity contribution in [2.24, 2.45) is 5.92 Å². The molecule has 3 aromatic rings. The van der Waals surface area contributed by atoms with Gasteiger partial charge in [-0.05, 0) is 55.3 Å². The zero-order valence-electron chi connectivity index (χ0n) is 19.9. The number of methoxy groups -OCH3 is 1. The summed E-state index contributed by atoms with van der Waals surface area (Å²) in [6.45, 7) is 4.69. The maximum absolute atomic E-state index is 13.4. The standard InChI is InChI=1S/C27H30ClN5O2/c1-35-24-9-7-20(8-10-24)25-17-26(30-19-29-25)33-11-3-4-21(18-33)27(34)32-14-12-31(13-15-32)23-6-2-5-22(28)16-23/h2,5-10,16-17,19,21H,3-4,11-15,18H2,1H3. The van der Waals surface area contributed by atoms with Gasteiger partial charge in [-0.3, -0.25) is 4.79 Å². The topological polar surface area (TPSA) is 61.8 Å². The van der Waals surface area contributed by atoms with Gasteiger partial charge in [-0.15, -0.1) is 0 Å². The van der Waals surface area contributed by atoms with Crippen LogP contribution in [-0.4, -0.2) is 67.2 Å². The van der Waals surface area contributed by atoms with Gasteiger partial charge in [0.05, 0.1) is 18.7 Å². The fourth-order valence-electron chi connectivity index (χ4n) is 4.94. The Bertz CT molecular complexity index is 1160. The number of carbonyl (C=O) groups excluding carboxylic acids is 1. The van der Waals surface area contributed by atoms with Gasteiger partial charge in [-0.2, -0.15) is 0 Å². The Morgan fingerprint density at radius 1 is 0.971 bits per heavy atom. The van der Waals surface area contributed by atoms with E-state index in [0.717, 1.165) is 79.1 Å². The van der Waals surface area contributed by atoms with Gasteiger partial charge in [0.1, 0.15) is 17.9 Å². The number of nitrogens with zero attached hydrogens (tertiary/aromatic N) is 5. The summed E-state index contributed by atoms with van der Waals surface area (Å²) in [5.41, 5.74) is 2.99. The number of benzene rings is 2. The largest absolute Gasteiger partial charge is 0.497 e. The highest BCUT2D eigenvalue weighted by atomic mass is 35.5. The minimum atomic E-state index is -0.0131. The first kappa shape index (κ1) is 23.4. The molecule has 2 aliphatic rings. The van der Waals surface area contributed by atoms with Gasteiger partial charge < -0.3 is 19.4 Å². The molecular formula is C27H30ClN5O2. The number of ether oxygens (including phenoxy) is 1. The molecule has 2 aromatic carbocycles. The predicted molar refractivity (Wildman–Crippen MR) is 139 cm³/mol. The van der Waals surface area contributed by atoms with Crippen LogP contribution in [0.15, 0.2) is 60.9 Å². The van der Waals surface area contributed by atoms with Crippen LogP contribution in [0.2, 0.25) is 5.02 Å². The van der Waals surface area contributed by atoms with Crippen LogP contribution in [0.5, 0.6) is 5.75 Å². The summed E-state index contributed by atoms with van der Waals surface area (Å²) in [5.74, 6) is 1.92. The highest BCUT2D eigenvalue weighted by molar-refractivity contribution is 6.30. The van der Waals surface area contributed by atoms with E-state index in [2.05, 4.69) is 25.8 Å². The van der Waals surface area contributed by atoms with Gasteiger partial charge in [0.15, 0.2) is 0 Å². The van der Waals surface area contributed by atoms with Crippen molar-refractivity contribution in [1.29, 1.82) is 0 Å². The van der Waals surface area contributed by atoms with Crippen LogP contribution in [0.25, 0.3) is 11.3 Å². The van der Waals surface area contributed by atoms with Crippen molar-refractivity contribution in [1.82, 2.24) is 14.9 Å². The highest BCUT2D eigenvalue weighted by Crippen LogP contribution is 2.28. The monoisotopic (exact) mass is 491 g/mol. The van der Waals surface area contributed by atoms with E-state index >= 15 is 0 Å². The quantitative estimate of drug-likeness (QED) is 0.528. The first-order valence-electron chi connectivity index (χ1n) is 12.1. The SMILES string of the molecule is COc1ccc(-c2cc(N3CCCC(C(=O)N4CCN(c5cccc(Cl)c5)CC4)C3)ncn2)cc1. The molecule has 2 aliphatic heterocycles. The number of rotatable bonds is 5. The summed E-state index contributed by atoms with van der Waals surface area (Å²) in [6.07, 6.45) is 3.50. The minimum absolute atomic E-state index is 0.0131. The van der Waals surface area contributed by atoms with Crippen LogP contribution in [0.3, 0.4) is 0 Å². The summed E-state index contributed by atoms with van der Waals surface area (Å²) in [7, 11) is 1.66. The van der Waals surface area contributed by atoms with Crippen molar-refractivity contribution in [2.45, 2.75) is 12.8 Å². The minimum Gasteiger partial charge on any atom is -0.497 e. The third-order valence-electron chi connectivity index (χ3n) is 6.90. The second-order valence-electron chi connectivity index (χ2n) is 9.07. The molecule has 2 fully saturated rings. The molecule has 1 amide bonds. The average Bonchev–Trinajstić information content (AvgIpc) is 2.93. The number of piperidine rings is 1. The molecule has 0 spiro atoms. The van der Waals surface area contributed by atoms with Gasteiger partial charge >= 0.3 is 0 Å². The smallest absolute Gasteiger partial charge is 0.227 e. The van der Waals surface area contributed by atoms with Crippen molar-refractivity contribution in [3.63, 3.8) is 0 Å². The third-order valence-corrected chi connectivity index (χ3v) is 7.13. The molecule has 2 saturated heterocycles. The first-order valence-corrected chi connectivity index (χ1v) is 12.5. The first-order chi connectivity index (χ1) is 17.1. The van der Waals surface area contributed by atoms with Crippen LogP contribution in [0.1, 0.15) is 12.8 Å². The molecule has 1 aromatic heterocycles. The number of hydrogen-bond acceptors (Lipinski definition) is 6. The van der Waals surface area contributed by atoms with Gasteiger partial charge in [-0.25, -0.2) is 9.97 Å². The maximum Gasteiger partial charge on any atom is 0.227 e. The molecule has 0 aliphatic carbocycles. The normalized spacial score (nSPS) is 18.5. The fraction of sp³-hybridized carbons (Fsp3) is 0.370. The summed E-state index contributed by atoms with van der Waals surface area (Å²) in [4.78, 5) is 28.9. The number of piperazine rings is 1. The summed E-state index contributed by atoms with van der Waals surface area (Å²) in [6, 6.07) is 17.8. The molecular weight excluding hydrogens is 462 g/mol. The lowest BCUT2D eigenvalue weighted by atomic mass is 9.96. The van der Waals surface area contributed by atoms with Crippen LogP contribution in [0, 0.1) is 5.92 Å². The summed E-state index contributed by atoms with van der Waals surface area (Å²) < 4.78 is 5.26. The second kappa shape index (κ2) is 10.5. The zero-order chi connectivity index (χ0) is 24.2. The van der Waals surface area contributed by atoms with Crippen molar-refractivity contribution in [3.05, 3.63) is 65.9 Å². The number of carbonyl (C=O) groups is 1. The molecule has 8 heteroatoms. The van der Waals surface area contributed by atoms with E-state index < -0.39 is 0 Å². The number of anilines is 2. The fourth-order valence-corrected chi connectivity index (χ4v) is 5.13. The molecule has 0 bridgehead atoms. The van der Waals surface area contributed by atoms with Gasteiger partial charge in [0.25, 0.3) is 0 Å². The van der Waals surface area contributed by atoms with Crippen molar-refractivity contribution in [3.8, 4) is 17.0 Å². The number of aromatic nitrogens is 2. The molecule has 0 saturated carbocycles. The Hall–Kier alpha value is -3.32. The van der Waals surface area contributed by atoms with E-state index in [9.17, 15) is 4.79 Å². The molecule has 1 atom stereocenters. The lowest BCUT2D eigenvalue weighted by molar-refractivity contribution is -0.136. The Kier molecular flexibility index (Phi) is 7.04. The van der Waals surface area contributed by atoms with Crippen LogP contribution >= 0.6 is 11.6 Å². The van der Waals surface area contributed by atoms with Crippen LogP contribution in [0.4, 0.5) is 11.5 Å². The molecule has 35 heavy (non-hydrogen) atoms. The van der Waals surface area contributed by atoms with Gasteiger partial charge in [-0.1, -0.05) is 17.7 Å². The number of hydrogen-bond donors (Lipinski definition) is 0. The van der Waals surface area contributed by atoms with E-state index in [1.807, 2.05) is 53.4 Å². The number of amides is 1. The lowest BCUT2D eigenvalue weighted by Gasteiger charge is -2.40. The van der Waals surface area contributed by atoms with E-state index in [0.29, 0.717) is 6.54 Å². The van der Waals surface area contributed by atoms with Crippen molar-refractivity contribution in [2.75, 3.05) is 56.2 Å². The molecule has 1 unspecified atom stereocenters. The third kappa shape index (κ3) is 5.35. The van der Waals surface area contributed by atoms with E-state index in [1.165, 1.54) is 0 Å². The Morgan fingerprint density at radius 3 is 2.51 bits per heavy atom. The molecule has 7 nitrogen and oxygen atoms in total. The highest BCUT2D eigenvalue weighted by Gasteiger charge is 2.31. The van der Waals surface area contributed by atoms with E-state index in [-0.39, 0.29) is 11.8 Å². The van der Waals surface area contributed by atoms with Gasteiger partial charge in [0.2, 0.25) is 5.91 Å². The molecule has 0 radical (unpaired) electrons. The van der Waals surface area contributed by atoms with Crippen molar-refractivity contribution >= 4 is 29.0 Å². The van der Waals surface area contributed by atoms with E-state index in [1.54, 1.807) is 13.4 Å². The van der Waals surface area contributed by atoms with Gasteiger partial charge in [0, 0.05) is 61.6 Å². The molecule has 0 N–H and O–H groups in total. The Balaban J connectivity index is 1.22. The summed E-state index contributed by atoms with van der Waals surface area (Å²) in [5, 5.41) is 0.739. The maximum atomic E-state index is 13.4. The number of halogens is 1.